The first kappa shape index (κ1) is 12.9. The van der Waals surface area contributed by atoms with Crippen LogP contribution in [0, 0.1) is 0 Å². The second-order valence-electron chi connectivity index (χ2n) is 5.33. The molecule has 3 nitrogen and oxygen atoms in total. The van der Waals surface area contributed by atoms with E-state index >= 15 is 0 Å². The Morgan fingerprint density at radius 3 is 2.67 bits per heavy atom. The minimum absolute atomic E-state index is 0.0000666. The summed E-state index contributed by atoms with van der Waals surface area (Å²) < 4.78 is 0. The van der Waals surface area contributed by atoms with Crippen molar-refractivity contribution >= 4 is 11.6 Å². The van der Waals surface area contributed by atoms with E-state index < -0.39 is 0 Å². The lowest BCUT2D eigenvalue weighted by Gasteiger charge is -2.14. The monoisotopic (exact) mass is 246 g/mol. The van der Waals surface area contributed by atoms with Crippen LogP contribution in [0.25, 0.3) is 0 Å². The van der Waals surface area contributed by atoms with E-state index in [0.717, 1.165) is 11.3 Å². The number of nitrogens with one attached hydrogen (secondary N) is 2. The van der Waals surface area contributed by atoms with Gasteiger partial charge in [-0.3, -0.25) is 4.79 Å². The highest BCUT2D eigenvalue weighted by Crippen LogP contribution is 2.22. The third-order valence-corrected chi connectivity index (χ3v) is 3.27. The van der Waals surface area contributed by atoms with Gasteiger partial charge < -0.3 is 10.6 Å². The van der Waals surface area contributed by atoms with Gasteiger partial charge in [0.05, 0.1) is 0 Å². The molecule has 2 N–H and O–H groups in total. The van der Waals surface area contributed by atoms with Crippen LogP contribution in [0.3, 0.4) is 0 Å². The van der Waals surface area contributed by atoms with Crippen LogP contribution >= 0.6 is 0 Å². The van der Waals surface area contributed by atoms with Crippen molar-refractivity contribution in [3.05, 3.63) is 29.8 Å². The molecule has 1 aliphatic rings. The summed E-state index contributed by atoms with van der Waals surface area (Å²) >= 11 is 0. The maximum Gasteiger partial charge on any atom is 0.251 e. The van der Waals surface area contributed by atoms with Gasteiger partial charge in [0.25, 0.3) is 5.91 Å². The molecule has 0 aliphatic heterocycles. The van der Waals surface area contributed by atoms with Gasteiger partial charge in [-0.15, -0.1) is 0 Å². The number of hydrogen-bond acceptors (Lipinski definition) is 2. The van der Waals surface area contributed by atoms with Crippen molar-refractivity contribution in [2.75, 3.05) is 5.32 Å². The molecule has 1 amide bonds. The second kappa shape index (κ2) is 5.89. The fraction of sp³-hybridized carbons (Fsp3) is 0.533. The molecule has 0 bridgehead atoms. The molecule has 1 aromatic carbocycles. The van der Waals surface area contributed by atoms with E-state index in [4.69, 9.17) is 0 Å². The van der Waals surface area contributed by atoms with Gasteiger partial charge in [-0.25, -0.2) is 0 Å². The smallest absolute Gasteiger partial charge is 0.251 e. The molecule has 0 unspecified atom stereocenters. The fourth-order valence-corrected chi connectivity index (χ4v) is 2.40. The Hall–Kier alpha value is -1.51. The lowest BCUT2D eigenvalue weighted by molar-refractivity contribution is 0.0943. The van der Waals surface area contributed by atoms with E-state index in [-0.39, 0.29) is 11.9 Å². The molecule has 18 heavy (non-hydrogen) atoms. The van der Waals surface area contributed by atoms with Gasteiger partial charge in [0.15, 0.2) is 0 Å². The zero-order valence-electron chi connectivity index (χ0n) is 11.2. The molecule has 0 saturated heterocycles. The molecule has 1 aromatic rings. The molecule has 0 heterocycles. The van der Waals surface area contributed by atoms with E-state index in [9.17, 15) is 4.79 Å². The van der Waals surface area contributed by atoms with Gasteiger partial charge in [-0.1, -0.05) is 18.9 Å². The molecule has 3 heteroatoms. The first-order chi connectivity index (χ1) is 8.65. The van der Waals surface area contributed by atoms with Crippen LogP contribution in [0.5, 0.6) is 0 Å². The predicted octanol–water partition coefficient (Wildman–Crippen LogP) is 3.18. The van der Waals surface area contributed by atoms with Crippen LogP contribution in [0.15, 0.2) is 24.3 Å². The highest BCUT2D eigenvalue weighted by atomic mass is 16.1. The van der Waals surface area contributed by atoms with Gasteiger partial charge in [-0.05, 0) is 44.9 Å². The van der Waals surface area contributed by atoms with Gasteiger partial charge in [0, 0.05) is 23.3 Å². The zero-order valence-corrected chi connectivity index (χ0v) is 11.2. The number of anilines is 1. The Morgan fingerprint density at radius 2 is 2.00 bits per heavy atom. The number of carbonyl (C=O) groups is 1. The summed E-state index contributed by atoms with van der Waals surface area (Å²) in [5.74, 6) is 0.0000666. The van der Waals surface area contributed by atoms with Crippen LogP contribution < -0.4 is 10.6 Å². The van der Waals surface area contributed by atoms with Crippen molar-refractivity contribution in [2.45, 2.75) is 51.6 Å². The maximum atomic E-state index is 11.9. The Labute approximate surface area is 109 Å². The van der Waals surface area contributed by atoms with Crippen molar-refractivity contribution in [1.29, 1.82) is 0 Å². The van der Waals surface area contributed by atoms with Crippen LogP contribution in [0.4, 0.5) is 5.69 Å². The molecule has 1 saturated carbocycles. The standard InChI is InChI=1S/C15H22N2O/c1-11(2)16-15(18)12-6-5-9-14(10-12)17-13-7-3-4-8-13/h5-6,9-11,13,17H,3-4,7-8H2,1-2H3,(H,16,18). The van der Waals surface area contributed by atoms with E-state index in [2.05, 4.69) is 10.6 Å². The van der Waals surface area contributed by atoms with Crippen molar-refractivity contribution in [3.8, 4) is 0 Å². The number of benzene rings is 1. The maximum absolute atomic E-state index is 11.9. The van der Waals surface area contributed by atoms with Crippen LogP contribution in [0.2, 0.25) is 0 Å². The quantitative estimate of drug-likeness (QED) is 0.856. The van der Waals surface area contributed by atoms with Crippen LogP contribution in [-0.2, 0) is 0 Å². The Bertz CT molecular complexity index is 409. The van der Waals surface area contributed by atoms with E-state index in [0.29, 0.717) is 6.04 Å². The molecule has 0 atom stereocenters. The minimum Gasteiger partial charge on any atom is -0.382 e. The molecule has 1 aliphatic carbocycles. The summed E-state index contributed by atoms with van der Waals surface area (Å²) in [6.45, 7) is 3.94. The SMILES string of the molecule is CC(C)NC(=O)c1cccc(NC2CCCC2)c1. The third kappa shape index (κ3) is 3.49. The number of rotatable bonds is 4. The van der Waals surface area contributed by atoms with Crippen LogP contribution in [-0.4, -0.2) is 18.0 Å². The topological polar surface area (TPSA) is 41.1 Å². The minimum atomic E-state index is 0.0000666. The molecule has 1 fully saturated rings. The second-order valence-corrected chi connectivity index (χ2v) is 5.33. The van der Waals surface area contributed by atoms with E-state index in [1.165, 1.54) is 25.7 Å². The fourth-order valence-electron chi connectivity index (χ4n) is 2.40. The van der Waals surface area contributed by atoms with E-state index in [1.54, 1.807) is 0 Å². The summed E-state index contributed by atoms with van der Waals surface area (Å²) in [6.07, 6.45) is 5.10. The average Bonchev–Trinajstić information content (AvgIpc) is 2.81. The summed E-state index contributed by atoms with van der Waals surface area (Å²) in [7, 11) is 0. The van der Waals surface area contributed by atoms with Gasteiger partial charge >= 0.3 is 0 Å². The zero-order chi connectivity index (χ0) is 13.0. The largest absolute Gasteiger partial charge is 0.382 e. The molecule has 98 valence electrons. The summed E-state index contributed by atoms with van der Waals surface area (Å²) in [4.78, 5) is 11.9. The van der Waals surface area contributed by atoms with E-state index in [1.807, 2.05) is 38.1 Å². The summed E-state index contributed by atoms with van der Waals surface area (Å²) in [5, 5.41) is 6.42. The highest BCUT2D eigenvalue weighted by Gasteiger charge is 2.15. The van der Waals surface area contributed by atoms with Crippen LogP contribution in [0.1, 0.15) is 49.9 Å². The third-order valence-electron chi connectivity index (χ3n) is 3.27. The number of amides is 1. The number of hydrogen-bond donors (Lipinski definition) is 2. The molecule has 0 spiro atoms. The predicted molar refractivity (Wildman–Crippen MR) is 74.9 cm³/mol. The molecule has 0 aromatic heterocycles. The lowest BCUT2D eigenvalue weighted by Crippen LogP contribution is -2.30. The average molecular weight is 246 g/mol. The highest BCUT2D eigenvalue weighted by molar-refractivity contribution is 5.95. The first-order valence-corrected chi connectivity index (χ1v) is 6.82. The number of carbonyl (C=O) groups excluding carboxylic acids is 1. The molecular weight excluding hydrogens is 224 g/mol. The molecule has 0 radical (unpaired) electrons. The van der Waals surface area contributed by atoms with Gasteiger partial charge in [0.2, 0.25) is 0 Å². The Morgan fingerprint density at radius 1 is 1.28 bits per heavy atom. The van der Waals surface area contributed by atoms with Crippen molar-refractivity contribution in [3.63, 3.8) is 0 Å². The normalized spacial score (nSPS) is 15.9. The molecule has 2 rings (SSSR count). The lowest BCUT2D eigenvalue weighted by atomic mass is 10.1. The first-order valence-electron chi connectivity index (χ1n) is 6.82. The molecular formula is C15H22N2O. The summed E-state index contributed by atoms with van der Waals surface area (Å²) in [6, 6.07) is 8.52. The van der Waals surface area contributed by atoms with Gasteiger partial charge in [0.1, 0.15) is 0 Å². The van der Waals surface area contributed by atoms with Crippen molar-refractivity contribution in [2.24, 2.45) is 0 Å². The van der Waals surface area contributed by atoms with Crippen molar-refractivity contribution in [1.82, 2.24) is 5.32 Å². The Kier molecular flexibility index (Phi) is 4.24. The Balaban J connectivity index is 2.02. The van der Waals surface area contributed by atoms with Crippen molar-refractivity contribution < 1.29 is 4.79 Å². The summed E-state index contributed by atoms with van der Waals surface area (Å²) in [5.41, 5.74) is 1.78. The van der Waals surface area contributed by atoms with Gasteiger partial charge in [-0.2, -0.15) is 0 Å².